The highest BCUT2D eigenvalue weighted by Crippen LogP contribution is 1.94. The van der Waals surface area contributed by atoms with E-state index >= 15 is 0 Å². The first kappa shape index (κ1) is 9.06. The Balaban J connectivity index is 2.59. The Morgan fingerprint density at radius 2 is 2.58 bits per heavy atom. The molecule has 0 unspecified atom stereocenters. The van der Waals surface area contributed by atoms with Gasteiger partial charge in [-0.3, -0.25) is 9.48 Å². The van der Waals surface area contributed by atoms with Gasteiger partial charge in [0.15, 0.2) is 0 Å². The first-order chi connectivity index (χ1) is 5.75. The van der Waals surface area contributed by atoms with Gasteiger partial charge in [0.1, 0.15) is 5.69 Å². The molecule has 0 bridgehead atoms. The molecule has 0 radical (unpaired) electrons. The van der Waals surface area contributed by atoms with Crippen molar-refractivity contribution < 1.29 is 4.79 Å². The van der Waals surface area contributed by atoms with Gasteiger partial charge in [-0.25, -0.2) is 0 Å². The molecule has 0 saturated carbocycles. The molecule has 0 aliphatic heterocycles. The summed E-state index contributed by atoms with van der Waals surface area (Å²) < 4.78 is 1.52. The summed E-state index contributed by atoms with van der Waals surface area (Å²) in [5.74, 6) is 0.277. The fourth-order valence-corrected chi connectivity index (χ4v) is 0.942. The topological polar surface area (TPSA) is 46.9 Å². The summed E-state index contributed by atoms with van der Waals surface area (Å²) in [6.45, 7) is 0.478. The van der Waals surface area contributed by atoms with Crippen molar-refractivity contribution in [3.05, 3.63) is 18.0 Å². The lowest BCUT2D eigenvalue weighted by molar-refractivity contribution is 0.0946. The third-order valence-corrected chi connectivity index (χ3v) is 1.62. The Kier molecular flexibility index (Phi) is 3.10. The second-order valence-corrected chi connectivity index (χ2v) is 2.66. The minimum atomic E-state index is -0.143. The summed E-state index contributed by atoms with van der Waals surface area (Å²) in [5.41, 5.74) is 0.542. The second kappa shape index (κ2) is 4.11. The number of hydrogen-bond donors (Lipinski definition) is 1. The van der Waals surface area contributed by atoms with Gasteiger partial charge in [0, 0.05) is 25.7 Å². The van der Waals surface area contributed by atoms with Crippen LogP contribution in [0.4, 0.5) is 0 Å². The Morgan fingerprint density at radius 3 is 3.08 bits per heavy atom. The van der Waals surface area contributed by atoms with Gasteiger partial charge in [-0.1, -0.05) is 0 Å². The third kappa shape index (κ3) is 1.98. The molecule has 0 spiro atoms. The lowest BCUT2D eigenvalue weighted by Gasteiger charge is -2.01. The standard InChI is InChI=1S/C7H10ClN3O/c1-11-6(2-4-10-11)7(12)9-5-3-8/h2,4H,3,5H2,1H3,(H,9,12). The van der Waals surface area contributed by atoms with Crippen molar-refractivity contribution in [3.63, 3.8) is 0 Å². The van der Waals surface area contributed by atoms with E-state index in [9.17, 15) is 4.79 Å². The molecule has 0 aromatic carbocycles. The molecular weight excluding hydrogens is 178 g/mol. The van der Waals surface area contributed by atoms with E-state index in [4.69, 9.17) is 11.6 Å². The van der Waals surface area contributed by atoms with E-state index in [-0.39, 0.29) is 5.91 Å². The monoisotopic (exact) mass is 187 g/mol. The highest BCUT2D eigenvalue weighted by Gasteiger charge is 2.07. The van der Waals surface area contributed by atoms with Crippen LogP contribution in [-0.4, -0.2) is 28.1 Å². The van der Waals surface area contributed by atoms with Gasteiger partial charge in [-0.15, -0.1) is 11.6 Å². The van der Waals surface area contributed by atoms with E-state index in [2.05, 4.69) is 10.4 Å². The largest absolute Gasteiger partial charge is 0.350 e. The van der Waals surface area contributed by atoms with Crippen molar-refractivity contribution >= 4 is 17.5 Å². The zero-order valence-electron chi connectivity index (χ0n) is 6.75. The van der Waals surface area contributed by atoms with E-state index < -0.39 is 0 Å². The second-order valence-electron chi connectivity index (χ2n) is 2.28. The number of amides is 1. The summed E-state index contributed by atoms with van der Waals surface area (Å²) in [4.78, 5) is 11.3. The fourth-order valence-electron chi connectivity index (χ4n) is 0.848. The summed E-state index contributed by atoms with van der Waals surface area (Å²) >= 11 is 5.41. The lowest BCUT2D eigenvalue weighted by Crippen LogP contribution is -2.27. The molecule has 1 heterocycles. The van der Waals surface area contributed by atoms with Gasteiger partial charge in [0.2, 0.25) is 0 Å². The third-order valence-electron chi connectivity index (χ3n) is 1.43. The van der Waals surface area contributed by atoms with E-state index in [1.165, 1.54) is 4.68 Å². The number of alkyl halides is 1. The Labute approximate surface area is 75.5 Å². The summed E-state index contributed by atoms with van der Waals surface area (Å²) in [7, 11) is 1.72. The van der Waals surface area contributed by atoms with Crippen LogP contribution in [0.3, 0.4) is 0 Å². The van der Waals surface area contributed by atoms with Crippen LogP contribution in [-0.2, 0) is 7.05 Å². The molecule has 0 aliphatic carbocycles. The fraction of sp³-hybridized carbons (Fsp3) is 0.429. The zero-order chi connectivity index (χ0) is 8.97. The maximum Gasteiger partial charge on any atom is 0.269 e. The van der Waals surface area contributed by atoms with Crippen molar-refractivity contribution in [1.29, 1.82) is 0 Å². The Bertz CT molecular complexity index is 271. The number of carbonyl (C=O) groups excluding carboxylic acids is 1. The van der Waals surface area contributed by atoms with E-state index in [0.29, 0.717) is 18.1 Å². The number of nitrogens with one attached hydrogen (secondary N) is 1. The number of rotatable bonds is 3. The van der Waals surface area contributed by atoms with E-state index in [1.54, 1.807) is 19.3 Å². The average Bonchev–Trinajstić information content (AvgIpc) is 2.47. The van der Waals surface area contributed by atoms with Crippen molar-refractivity contribution in [3.8, 4) is 0 Å². The molecule has 0 fully saturated rings. The lowest BCUT2D eigenvalue weighted by atomic mass is 10.4. The van der Waals surface area contributed by atoms with E-state index in [0.717, 1.165) is 0 Å². The van der Waals surface area contributed by atoms with Crippen LogP contribution in [0.2, 0.25) is 0 Å². The quantitative estimate of drug-likeness (QED) is 0.696. The molecule has 66 valence electrons. The first-order valence-electron chi connectivity index (χ1n) is 3.58. The highest BCUT2D eigenvalue weighted by atomic mass is 35.5. The van der Waals surface area contributed by atoms with Gasteiger partial charge in [-0.2, -0.15) is 5.10 Å². The number of hydrogen-bond acceptors (Lipinski definition) is 2. The van der Waals surface area contributed by atoms with Gasteiger partial charge >= 0.3 is 0 Å². The van der Waals surface area contributed by atoms with Crippen molar-refractivity contribution in [2.24, 2.45) is 7.05 Å². The SMILES string of the molecule is Cn1nccc1C(=O)NCCCl. The molecule has 1 N–H and O–H groups in total. The molecule has 0 saturated heterocycles. The van der Waals surface area contributed by atoms with Crippen LogP contribution < -0.4 is 5.32 Å². The number of nitrogens with zero attached hydrogens (tertiary/aromatic N) is 2. The van der Waals surface area contributed by atoms with Crippen LogP contribution in [0.1, 0.15) is 10.5 Å². The van der Waals surface area contributed by atoms with Crippen LogP contribution >= 0.6 is 11.6 Å². The van der Waals surface area contributed by atoms with Crippen LogP contribution in [0, 0.1) is 0 Å². The van der Waals surface area contributed by atoms with Crippen molar-refractivity contribution in [2.75, 3.05) is 12.4 Å². The molecule has 1 aromatic rings. The smallest absolute Gasteiger partial charge is 0.269 e. The number of carbonyl (C=O) groups is 1. The van der Waals surface area contributed by atoms with Crippen LogP contribution in [0.15, 0.2) is 12.3 Å². The number of aromatic nitrogens is 2. The zero-order valence-corrected chi connectivity index (χ0v) is 7.51. The minimum Gasteiger partial charge on any atom is -0.350 e. The molecule has 4 nitrogen and oxygen atoms in total. The first-order valence-corrected chi connectivity index (χ1v) is 4.11. The normalized spacial score (nSPS) is 9.83. The molecule has 1 rings (SSSR count). The molecule has 0 atom stereocenters. The van der Waals surface area contributed by atoms with Crippen LogP contribution in [0.25, 0.3) is 0 Å². The van der Waals surface area contributed by atoms with Gasteiger partial charge < -0.3 is 5.32 Å². The van der Waals surface area contributed by atoms with Crippen LogP contribution in [0.5, 0.6) is 0 Å². The van der Waals surface area contributed by atoms with Crippen molar-refractivity contribution in [1.82, 2.24) is 15.1 Å². The average molecular weight is 188 g/mol. The molecule has 0 aliphatic rings. The van der Waals surface area contributed by atoms with E-state index in [1.807, 2.05) is 0 Å². The summed E-state index contributed by atoms with van der Waals surface area (Å²) in [6, 6.07) is 1.66. The molecule has 5 heteroatoms. The Hall–Kier alpha value is -1.03. The molecule has 1 aromatic heterocycles. The molecule has 1 amide bonds. The maximum atomic E-state index is 11.3. The Morgan fingerprint density at radius 1 is 1.83 bits per heavy atom. The van der Waals surface area contributed by atoms with Gasteiger partial charge in [-0.05, 0) is 6.07 Å². The maximum absolute atomic E-state index is 11.3. The molecule has 12 heavy (non-hydrogen) atoms. The highest BCUT2D eigenvalue weighted by molar-refractivity contribution is 6.18. The van der Waals surface area contributed by atoms with Crippen molar-refractivity contribution in [2.45, 2.75) is 0 Å². The van der Waals surface area contributed by atoms with Gasteiger partial charge in [0.05, 0.1) is 0 Å². The minimum absolute atomic E-state index is 0.143. The summed E-state index contributed by atoms with van der Waals surface area (Å²) in [6.07, 6.45) is 1.58. The predicted octanol–water partition coefficient (Wildman–Crippen LogP) is 0.389. The number of halogens is 1. The predicted molar refractivity (Wildman–Crippen MR) is 46.3 cm³/mol. The van der Waals surface area contributed by atoms with Gasteiger partial charge in [0.25, 0.3) is 5.91 Å². The summed E-state index contributed by atoms with van der Waals surface area (Å²) in [5, 5.41) is 6.51. The number of aryl methyl sites for hydroxylation is 1. The molecular formula is C7H10ClN3O.